The Balaban J connectivity index is 1.59. The highest BCUT2D eigenvalue weighted by atomic mass is 16.1. The number of hydrogen-bond donors (Lipinski definition) is 1. The van der Waals surface area contributed by atoms with E-state index in [1.54, 1.807) is 4.68 Å². The highest BCUT2D eigenvalue weighted by Crippen LogP contribution is 2.24. The molecule has 1 saturated heterocycles. The van der Waals surface area contributed by atoms with Gasteiger partial charge in [-0.25, -0.2) is 0 Å². The van der Waals surface area contributed by atoms with E-state index in [0.717, 1.165) is 53.5 Å². The lowest BCUT2D eigenvalue weighted by molar-refractivity contribution is -0.122. The maximum Gasteiger partial charge on any atom is 0.143 e. The van der Waals surface area contributed by atoms with E-state index < -0.39 is 0 Å². The summed E-state index contributed by atoms with van der Waals surface area (Å²) in [4.78, 5) is 17.0. The van der Waals surface area contributed by atoms with Gasteiger partial charge in [0.05, 0.1) is 6.20 Å². The van der Waals surface area contributed by atoms with Gasteiger partial charge in [-0.2, -0.15) is 5.10 Å². The van der Waals surface area contributed by atoms with Crippen LogP contribution in [-0.4, -0.2) is 33.6 Å². The van der Waals surface area contributed by atoms with Gasteiger partial charge in [-0.15, -0.1) is 0 Å². The lowest BCUT2D eigenvalue weighted by Gasteiger charge is -2.21. The number of carbonyl (C=O) groups is 1. The number of benzene rings is 1. The SMILES string of the molecule is Cn1cc(-c2ccc3cnc(CC(=O)[C@H]4CCCNC4)cc3c2)cn1. The standard InChI is InChI=1S/C20H22N4O/c1-24-13-18(12-23-24)14-4-5-15-11-22-19(8-17(15)7-14)9-20(25)16-3-2-6-21-10-16/h4-5,7-8,11-13,16,21H,2-3,6,9-10H2,1H3/t16-/m0/s1. The molecule has 2 aromatic heterocycles. The van der Waals surface area contributed by atoms with Crippen molar-refractivity contribution in [3.05, 3.63) is 48.5 Å². The van der Waals surface area contributed by atoms with Gasteiger partial charge in [-0.1, -0.05) is 12.1 Å². The molecule has 0 amide bonds. The van der Waals surface area contributed by atoms with Gasteiger partial charge < -0.3 is 5.32 Å². The van der Waals surface area contributed by atoms with E-state index in [-0.39, 0.29) is 5.92 Å². The molecule has 0 unspecified atom stereocenters. The molecule has 5 heteroatoms. The monoisotopic (exact) mass is 334 g/mol. The molecule has 0 saturated carbocycles. The predicted molar refractivity (Wildman–Crippen MR) is 98.2 cm³/mol. The first-order chi connectivity index (χ1) is 12.2. The van der Waals surface area contributed by atoms with Gasteiger partial charge >= 0.3 is 0 Å². The third-order valence-electron chi connectivity index (χ3n) is 4.92. The molecule has 4 rings (SSSR count). The van der Waals surface area contributed by atoms with E-state index in [9.17, 15) is 4.79 Å². The summed E-state index contributed by atoms with van der Waals surface area (Å²) in [6, 6.07) is 8.34. The van der Waals surface area contributed by atoms with Crippen LogP contribution in [0.1, 0.15) is 18.5 Å². The van der Waals surface area contributed by atoms with Gasteiger partial charge in [0.1, 0.15) is 5.78 Å². The van der Waals surface area contributed by atoms with Crippen LogP contribution in [0.15, 0.2) is 42.9 Å². The number of aryl methyl sites for hydroxylation is 1. The molecule has 0 bridgehead atoms. The largest absolute Gasteiger partial charge is 0.316 e. The second-order valence-corrected chi connectivity index (χ2v) is 6.83. The van der Waals surface area contributed by atoms with Gasteiger partial charge in [0, 0.05) is 55.0 Å². The Kier molecular flexibility index (Phi) is 4.32. The fourth-order valence-electron chi connectivity index (χ4n) is 3.48. The van der Waals surface area contributed by atoms with Gasteiger partial charge in [-0.05, 0) is 42.5 Å². The molecule has 0 aliphatic carbocycles. The first-order valence-corrected chi connectivity index (χ1v) is 8.80. The van der Waals surface area contributed by atoms with Crippen LogP contribution in [0.5, 0.6) is 0 Å². The molecule has 25 heavy (non-hydrogen) atoms. The van der Waals surface area contributed by atoms with Crippen molar-refractivity contribution in [2.45, 2.75) is 19.3 Å². The summed E-state index contributed by atoms with van der Waals surface area (Å²) in [7, 11) is 1.91. The van der Waals surface area contributed by atoms with E-state index in [1.807, 2.05) is 31.7 Å². The molecule has 1 aliphatic rings. The number of carbonyl (C=O) groups excluding carboxylic acids is 1. The second-order valence-electron chi connectivity index (χ2n) is 6.83. The van der Waals surface area contributed by atoms with E-state index in [1.165, 1.54) is 0 Å². The molecule has 1 atom stereocenters. The zero-order valence-electron chi connectivity index (χ0n) is 14.4. The molecule has 3 heterocycles. The van der Waals surface area contributed by atoms with Crippen LogP contribution in [0.2, 0.25) is 0 Å². The Hall–Kier alpha value is -2.53. The molecule has 0 radical (unpaired) electrons. The number of nitrogens with zero attached hydrogens (tertiary/aromatic N) is 3. The number of nitrogens with one attached hydrogen (secondary N) is 1. The Morgan fingerprint density at radius 3 is 2.92 bits per heavy atom. The van der Waals surface area contributed by atoms with Crippen LogP contribution in [-0.2, 0) is 18.3 Å². The minimum atomic E-state index is 0.132. The van der Waals surface area contributed by atoms with Crippen molar-refractivity contribution >= 4 is 16.6 Å². The fraction of sp³-hybridized carbons (Fsp3) is 0.350. The molecule has 1 aromatic carbocycles. The molecule has 0 spiro atoms. The maximum absolute atomic E-state index is 12.5. The number of rotatable bonds is 4. The summed E-state index contributed by atoms with van der Waals surface area (Å²) in [5.41, 5.74) is 3.07. The topological polar surface area (TPSA) is 59.8 Å². The van der Waals surface area contributed by atoms with Crippen LogP contribution in [0, 0.1) is 5.92 Å². The number of aromatic nitrogens is 3. The number of piperidine rings is 1. The summed E-state index contributed by atoms with van der Waals surface area (Å²) in [5.74, 6) is 0.426. The second kappa shape index (κ2) is 6.76. The van der Waals surface area contributed by atoms with Gasteiger partial charge in [0.25, 0.3) is 0 Å². The van der Waals surface area contributed by atoms with E-state index in [0.29, 0.717) is 12.2 Å². The lowest BCUT2D eigenvalue weighted by Crippen LogP contribution is -2.35. The highest BCUT2D eigenvalue weighted by molar-refractivity contribution is 5.88. The summed E-state index contributed by atoms with van der Waals surface area (Å²) < 4.78 is 1.80. The fourth-order valence-corrected chi connectivity index (χ4v) is 3.48. The molecule has 1 aliphatic heterocycles. The first kappa shape index (κ1) is 16.0. The van der Waals surface area contributed by atoms with Crippen molar-refractivity contribution in [3.63, 3.8) is 0 Å². The zero-order valence-corrected chi connectivity index (χ0v) is 14.4. The van der Waals surface area contributed by atoms with Crippen LogP contribution in [0.25, 0.3) is 21.9 Å². The molecular weight excluding hydrogens is 312 g/mol. The van der Waals surface area contributed by atoms with Crippen LogP contribution in [0.3, 0.4) is 0 Å². The minimum Gasteiger partial charge on any atom is -0.316 e. The van der Waals surface area contributed by atoms with Crippen molar-refractivity contribution in [3.8, 4) is 11.1 Å². The summed E-state index contributed by atoms with van der Waals surface area (Å²) >= 11 is 0. The van der Waals surface area contributed by atoms with Crippen molar-refractivity contribution in [2.75, 3.05) is 13.1 Å². The summed E-state index contributed by atoms with van der Waals surface area (Å²) in [6.07, 6.45) is 8.22. The first-order valence-electron chi connectivity index (χ1n) is 8.80. The Morgan fingerprint density at radius 1 is 1.24 bits per heavy atom. The number of Topliss-reactive ketones (excluding diaryl/α,β-unsaturated/α-hetero) is 1. The average molecular weight is 334 g/mol. The summed E-state index contributed by atoms with van der Waals surface area (Å²) in [6.45, 7) is 1.83. The van der Waals surface area contributed by atoms with E-state index >= 15 is 0 Å². The zero-order chi connectivity index (χ0) is 17.2. The highest BCUT2D eigenvalue weighted by Gasteiger charge is 2.21. The number of ketones is 1. The molecule has 1 fully saturated rings. The Labute approximate surface area is 147 Å². The molecular formula is C20H22N4O. The van der Waals surface area contributed by atoms with Crippen LogP contribution < -0.4 is 5.32 Å². The quantitative estimate of drug-likeness (QED) is 0.797. The van der Waals surface area contributed by atoms with E-state index in [2.05, 4.69) is 33.6 Å². The number of fused-ring (bicyclic) bond motifs is 1. The smallest absolute Gasteiger partial charge is 0.143 e. The minimum absolute atomic E-state index is 0.132. The van der Waals surface area contributed by atoms with Gasteiger partial charge in [0.2, 0.25) is 0 Å². The summed E-state index contributed by atoms with van der Waals surface area (Å²) in [5, 5.41) is 9.74. The van der Waals surface area contributed by atoms with E-state index in [4.69, 9.17) is 0 Å². The normalized spacial score (nSPS) is 17.7. The van der Waals surface area contributed by atoms with Crippen molar-refractivity contribution in [2.24, 2.45) is 13.0 Å². The third kappa shape index (κ3) is 3.46. The van der Waals surface area contributed by atoms with Crippen LogP contribution >= 0.6 is 0 Å². The molecule has 128 valence electrons. The predicted octanol–water partition coefficient (Wildman–Crippen LogP) is 2.75. The van der Waals surface area contributed by atoms with Gasteiger partial charge in [0.15, 0.2) is 0 Å². The lowest BCUT2D eigenvalue weighted by atomic mass is 9.92. The third-order valence-corrected chi connectivity index (χ3v) is 4.92. The molecule has 3 aromatic rings. The Morgan fingerprint density at radius 2 is 2.16 bits per heavy atom. The van der Waals surface area contributed by atoms with Crippen molar-refractivity contribution < 1.29 is 4.79 Å². The van der Waals surface area contributed by atoms with Crippen molar-refractivity contribution in [1.29, 1.82) is 0 Å². The van der Waals surface area contributed by atoms with Crippen LogP contribution in [0.4, 0.5) is 0 Å². The molecule has 1 N–H and O–H groups in total. The number of pyridine rings is 1. The average Bonchev–Trinajstić information content (AvgIpc) is 3.08. The number of hydrogen-bond acceptors (Lipinski definition) is 4. The molecule has 5 nitrogen and oxygen atoms in total. The Bertz CT molecular complexity index is 909. The van der Waals surface area contributed by atoms with Crippen molar-refractivity contribution in [1.82, 2.24) is 20.1 Å². The van der Waals surface area contributed by atoms with Gasteiger partial charge in [-0.3, -0.25) is 14.5 Å². The maximum atomic E-state index is 12.5.